The number of hydrogen-bond acceptors (Lipinski definition) is 4. The van der Waals surface area contributed by atoms with Crippen LogP contribution in [0, 0.1) is 0 Å². The number of rotatable bonds is 5. The first kappa shape index (κ1) is 17.5. The standard InChI is InChI=1S/C19H19N3O4/c1-3-16(17(23)20-12-8-10-13(26-2)11-9-12)22-18(24)14-6-4-5-7-15(14)21-19(22)25/h4-11,16H,3H2,1-2H3,(H,20,23)(H,21,25)/t16-/m0/s1. The average molecular weight is 353 g/mol. The van der Waals surface area contributed by atoms with E-state index in [0.717, 1.165) is 4.57 Å². The van der Waals surface area contributed by atoms with Gasteiger partial charge in [0.05, 0.1) is 18.0 Å². The third-order valence-corrected chi connectivity index (χ3v) is 4.20. The summed E-state index contributed by atoms with van der Waals surface area (Å²) in [5, 5.41) is 3.10. The molecule has 3 rings (SSSR count). The molecule has 2 N–H and O–H groups in total. The number of nitrogens with one attached hydrogen (secondary N) is 2. The number of amides is 1. The Morgan fingerprint density at radius 2 is 1.85 bits per heavy atom. The predicted octanol–water partition coefficient (Wildman–Crippen LogP) is 2.29. The Bertz CT molecular complexity index is 1050. The molecule has 0 aliphatic rings. The van der Waals surface area contributed by atoms with Crippen molar-refractivity contribution in [3.05, 3.63) is 69.4 Å². The van der Waals surface area contributed by atoms with Crippen LogP contribution in [-0.4, -0.2) is 22.6 Å². The van der Waals surface area contributed by atoms with E-state index in [9.17, 15) is 14.4 Å². The van der Waals surface area contributed by atoms with Gasteiger partial charge in [0.25, 0.3) is 5.56 Å². The van der Waals surface area contributed by atoms with Crippen LogP contribution in [0.4, 0.5) is 5.69 Å². The number of methoxy groups -OCH3 is 1. The second-order valence-electron chi connectivity index (χ2n) is 5.79. The maximum atomic E-state index is 12.7. The van der Waals surface area contributed by atoms with Crippen LogP contribution in [0.2, 0.25) is 0 Å². The van der Waals surface area contributed by atoms with Gasteiger partial charge in [-0.15, -0.1) is 0 Å². The Hall–Kier alpha value is -3.35. The number of ether oxygens (including phenoxy) is 1. The molecule has 0 aliphatic heterocycles. The molecule has 1 amide bonds. The lowest BCUT2D eigenvalue weighted by Crippen LogP contribution is -2.42. The molecule has 2 aromatic carbocycles. The highest BCUT2D eigenvalue weighted by Crippen LogP contribution is 2.17. The average Bonchev–Trinajstić information content (AvgIpc) is 2.65. The minimum Gasteiger partial charge on any atom is -0.497 e. The number of nitrogens with zero attached hydrogens (tertiary/aromatic N) is 1. The van der Waals surface area contributed by atoms with Gasteiger partial charge in [-0.1, -0.05) is 19.1 Å². The highest BCUT2D eigenvalue weighted by Gasteiger charge is 2.23. The number of H-pyrrole nitrogens is 1. The number of fused-ring (bicyclic) bond motifs is 1. The van der Waals surface area contributed by atoms with Gasteiger partial charge in [0.15, 0.2) is 0 Å². The number of aromatic nitrogens is 2. The summed E-state index contributed by atoms with van der Waals surface area (Å²) in [5.41, 5.74) is -0.0878. The zero-order chi connectivity index (χ0) is 18.7. The second-order valence-corrected chi connectivity index (χ2v) is 5.79. The van der Waals surface area contributed by atoms with Crippen molar-refractivity contribution in [1.29, 1.82) is 0 Å². The summed E-state index contributed by atoms with van der Waals surface area (Å²) in [6.07, 6.45) is 0.295. The van der Waals surface area contributed by atoms with Gasteiger partial charge in [-0.25, -0.2) is 9.36 Å². The molecular weight excluding hydrogens is 334 g/mol. The highest BCUT2D eigenvalue weighted by atomic mass is 16.5. The van der Waals surface area contributed by atoms with Crippen molar-refractivity contribution >= 4 is 22.5 Å². The Morgan fingerprint density at radius 3 is 2.50 bits per heavy atom. The molecule has 7 nitrogen and oxygen atoms in total. The van der Waals surface area contributed by atoms with Crippen molar-refractivity contribution in [2.75, 3.05) is 12.4 Å². The van der Waals surface area contributed by atoms with Gasteiger partial charge >= 0.3 is 5.69 Å². The summed E-state index contributed by atoms with van der Waals surface area (Å²) in [4.78, 5) is 40.5. The van der Waals surface area contributed by atoms with Gasteiger partial charge < -0.3 is 15.0 Å². The van der Waals surface area contributed by atoms with Crippen molar-refractivity contribution in [1.82, 2.24) is 9.55 Å². The molecule has 0 radical (unpaired) electrons. The first-order valence-corrected chi connectivity index (χ1v) is 8.23. The van der Waals surface area contributed by atoms with Crippen LogP contribution in [0.25, 0.3) is 10.9 Å². The van der Waals surface area contributed by atoms with Crippen LogP contribution in [0.3, 0.4) is 0 Å². The van der Waals surface area contributed by atoms with E-state index in [2.05, 4.69) is 10.3 Å². The first-order valence-electron chi connectivity index (χ1n) is 8.23. The van der Waals surface area contributed by atoms with Gasteiger partial charge in [0, 0.05) is 5.69 Å². The van der Waals surface area contributed by atoms with E-state index in [-0.39, 0.29) is 0 Å². The van der Waals surface area contributed by atoms with E-state index < -0.39 is 23.2 Å². The molecule has 0 spiro atoms. The minimum atomic E-state index is -0.919. The maximum absolute atomic E-state index is 12.7. The van der Waals surface area contributed by atoms with Gasteiger partial charge in [0.2, 0.25) is 5.91 Å². The normalized spacial score (nSPS) is 11.9. The monoisotopic (exact) mass is 353 g/mol. The number of para-hydroxylation sites is 1. The smallest absolute Gasteiger partial charge is 0.329 e. The quantitative estimate of drug-likeness (QED) is 0.736. The molecule has 0 fully saturated rings. The zero-order valence-electron chi connectivity index (χ0n) is 14.5. The Balaban J connectivity index is 1.97. The number of aromatic amines is 1. The number of hydrogen-bond donors (Lipinski definition) is 2. The summed E-state index contributed by atoms with van der Waals surface area (Å²) >= 11 is 0. The molecule has 26 heavy (non-hydrogen) atoms. The largest absolute Gasteiger partial charge is 0.497 e. The van der Waals surface area contributed by atoms with Crippen LogP contribution in [0.1, 0.15) is 19.4 Å². The van der Waals surface area contributed by atoms with Crippen LogP contribution in [0.5, 0.6) is 5.75 Å². The van der Waals surface area contributed by atoms with E-state index in [1.54, 1.807) is 62.6 Å². The van der Waals surface area contributed by atoms with Gasteiger partial charge in [-0.05, 0) is 42.8 Å². The van der Waals surface area contributed by atoms with E-state index >= 15 is 0 Å². The van der Waals surface area contributed by atoms with E-state index in [1.165, 1.54) is 0 Å². The number of carbonyl (C=O) groups is 1. The lowest BCUT2D eigenvalue weighted by Gasteiger charge is -2.17. The Labute approximate surface area is 149 Å². The summed E-state index contributed by atoms with van der Waals surface area (Å²) in [6, 6.07) is 12.6. The van der Waals surface area contributed by atoms with Crippen molar-refractivity contribution < 1.29 is 9.53 Å². The number of anilines is 1. The van der Waals surface area contributed by atoms with E-state index in [1.807, 2.05) is 0 Å². The highest BCUT2D eigenvalue weighted by molar-refractivity contribution is 5.94. The molecule has 1 atom stereocenters. The molecule has 134 valence electrons. The fraction of sp³-hybridized carbons (Fsp3) is 0.211. The molecule has 0 unspecified atom stereocenters. The molecule has 3 aromatic rings. The summed E-state index contributed by atoms with van der Waals surface area (Å²) < 4.78 is 6.05. The molecule has 0 bridgehead atoms. The third-order valence-electron chi connectivity index (χ3n) is 4.20. The first-order chi connectivity index (χ1) is 12.5. The maximum Gasteiger partial charge on any atom is 0.329 e. The number of benzene rings is 2. The van der Waals surface area contributed by atoms with Crippen LogP contribution in [-0.2, 0) is 4.79 Å². The summed E-state index contributed by atoms with van der Waals surface area (Å²) in [7, 11) is 1.55. The molecule has 1 aromatic heterocycles. The molecule has 0 saturated heterocycles. The van der Waals surface area contributed by atoms with Gasteiger partial charge in [-0.3, -0.25) is 9.59 Å². The fourth-order valence-corrected chi connectivity index (χ4v) is 2.84. The molecule has 0 saturated carbocycles. The van der Waals surface area contributed by atoms with E-state index in [4.69, 9.17) is 4.74 Å². The molecular formula is C19H19N3O4. The Morgan fingerprint density at radius 1 is 1.15 bits per heavy atom. The Kier molecular flexibility index (Phi) is 4.88. The van der Waals surface area contributed by atoms with Crippen LogP contribution >= 0.6 is 0 Å². The summed E-state index contributed by atoms with van der Waals surface area (Å²) in [5.74, 6) is 0.234. The van der Waals surface area contributed by atoms with E-state index in [0.29, 0.717) is 28.8 Å². The summed E-state index contributed by atoms with van der Waals surface area (Å²) in [6.45, 7) is 1.75. The van der Waals surface area contributed by atoms with Crippen LogP contribution < -0.4 is 21.3 Å². The van der Waals surface area contributed by atoms with Crippen molar-refractivity contribution in [2.24, 2.45) is 0 Å². The third kappa shape index (κ3) is 3.23. The fourth-order valence-electron chi connectivity index (χ4n) is 2.84. The van der Waals surface area contributed by atoms with Gasteiger partial charge in [-0.2, -0.15) is 0 Å². The van der Waals surface area contributed by atoms with Crippen molar-refractivity contribution in [3.63, 3.8) is 0 Å². The molecule has 1 heterocycles. The lowest BCUT2D eigenvalue weighted by atomic mass is 10.1. The second kappa shape index (κ2) is 7.26. The topological polar surface area (TPSA) is 93.2 Å². The zero-order valence-corrected chi connectivity index (χ0v) is 14.5. The number of carbonyl (C=O) groups excluding carboxylic acids is 1. The minimum absolute atomic E-state index is 0.295. The molecule has 0 aliphatic carbocycles. The van der Waals surface area contributed by atoms with Gasteiger partial charge in [0.1, 0.15) is 11.8 Å². The van der Waals surface area contributed by atoms with Crippen LogP contribution in [0.15, 0.2) is 58.1 Å². The SMILES string of the molecule is CC[C@@H](C(=O)Nc1ccc(OC)cc1)n1c(=O)[nH]c2ccccc2c1=O. The van der Waals surface area contributed by atoms with Crippen molar-refractivity contribution in [3.8, 4) is 5.75 Å². The van der Waals surface area contributed by atoms with Crippen molar-refractivity contribution in [2.45, 2.75) is 19.4 Å². The predicted molar refractivity (Wildman–Crippen MR) is 99.8 cm³/mol. The lowest BCUT2D eigenvalue weighted by molar-refractivity contribution is -0.119. The molecule has 7 heteroatoms.